The van der Waals surface area contributed by atoms with Gasteiger partial charge in [-0.3, -0.25) is 9.59 Å². The summed E-state index contributed by atoms with van der Waals surface area (Å²) in [5, 5.41) is 1.05. The second-order valence-corrected chi connectivity index (χ2v) is 13.1. The van der Waals surface area contributed by atoms with Crippen LogP contribution < -0.4 is 5.32 Å². The standard InChI is InChI=1S/C29H10F33N3O5/c1-7-3-9(10(13(69)65-6-70-8(2)68)12(64-5-67)11(7)63-4-66)14(30,31)15(32,33)16(34,35)17(36,37)18(38,39)19(40,41)20(42,43)21(44,45)22(46,47)23(48,49)24(50,51)25(52,53)26(54,55)27(56,57)28(58,59)29(60,61)62/h3H,6H2,1-2H3,(H,65,69). The predicted molar refractivity (Wildman–Crippen MR) is 150 cm³/mol. The lowest BCUT2D eigenvalue weighted by Crippen LogP contribution is -2.79. The summed E-state index contributed by atoms with van der Waals surface area (Å²) in [6, 6.07) is -0.940. The van der Waals surface area contributed by atoms with Gasteiger partial charge in [0.15, 0.2) is 6.73 Å². The average molecular weight is 1110 g/mol. The Morgan fingerprint density at radius 3 is 0.971 bits per heavy atom. The summed E-state index contributed by atoms with van der Waals surface area (Å²) in [6.07, 6.45) is -7.72. The van der Waals surface area contributed by atoms with Crippen molar-refractivity contribution in [3.63, 3.8) is 0 Å². The first kappa shape index (κ1) is 62.6. The minimum atomic E-state index is -10.4. The molecule has 1 amide bonds. The molecule has 0 heterocycles. The molecule has 402 valence electrons. The summed E-state index contributed by atoms with van der Waals surface area (Å²) in [7, 11) is 0. The highest BCUT2D eigenvalue weighted by molar-refractivity contribution is 6.04. The fourth-order valence-electron chi connectivity index (χ4n) is 4.81. The molecule has 0 unspecified atom stereocenters. The molecule has 0 atom stereocenters. The highest BCUT2D eigenvalue weighted by Crippen LogP contribution is 2.70. The largest absolute Gasteiger partial charge is 0.460 e. The van der Waals surface area contributed by atoms with Crippen LogP contribution >= 0.6 is 0 Å². The number of nitrogens with zero attached hydrogens (tertiary/aromatic N) is 2. The van der Waals surface area contributed by atoms with Gasteiger partial charge in [-0.05, 0) is 18.6 Å². The summed E-state index contributed by atoms with van der Waals surface area (Å²) in [6.45, 7) is -1.12. The Morgan fingerprint density at radius 2 is 0.714 bits per heavy atom. The smallest absolute Gasteiger partial charge is 0.445 e. The summed E-state index contributed by atoms with van der Waals surface area (Å²) in [5.41, 5.74) is -11.5. The molecule has 0 spiro atoms. The molecule has 0 aliphatic rings. The molecule has 1 aromatic carbocycles. The molecule has 70 heavy (non-hydrogen) atoms. The van der Waals surface area contributed by atoms with Crippen molar-refractivity contribution in [2.45, 2.75) is 109 Å². The van der Waals surface area contributed by atoms with Crippen LogP contribution in [-0.4, -0.2) is 120 Å². The molecule has 0 aliphatic heterocycles. The molecule has 0 bridgehead atoms. The number of isocyanates is 2. The molecular formula is C29H10F33N3O5. The normalized spacial score (nSPS) is 15.2. The third kappa shape index (κ3) is 8.07. The number of hydrogen-bond donors (Lipinski definition) is 1. The van der Waals surface area contributed by atoms with E-state index < -0.39 is 148 Å². The molecule has 1 rings (SSSR count). The molecule has 0 aromatic heterocycles. The zero-order valence-electron chi connectivity index (χ0n) is 31.7. The predicted octanol–water partition coefficient (Wildman–Crippen LogP) is 11.7. The van der Waals surface area contributed by atoms with Crippen LogP contribution in [0.1, 0.15) is 28.4 Å². The van der Waals surface area contributed by atoms with Gasteiger partial charge in [0.1, 0.15) is 11.4 Å². The molecule has 0 radical (unpaired) electrons. The maximum atomic E-state index is 15.5. The number of carbonyl (C=O) groups is 2. The van der Waals surface area contributed by atoms with Crippen LogP contribution in [0.25, 0.3) is 0 Å². The van der Waals surface area contributed by atoms with Gasteiger partial charge in [0, 0.05) is 12.5 Å². The molecule has 1 N–H and O–H groups in total. The van der Waals surface area contributed by atoms with Crippen molar-refractivity contribution in [1.29, 1.82) is 0 Å². The number of hydrogen-bond acceptors (Lipinski definition) is 7. The maximum absolute atomic E-state index is 15.5. The first-order chi connectivity index (χ1) is 30.4. The Hall–Kier alpha value is -5.39. The van der Waals surface area contributed by atoms with Crippen LogP contribution in [0.15, 0.2) is 16.1 Å². The minimum absolute atomic E-state index is 0.144. The van der Waals surface area contributed by atoms with Gasteiger partial charge in [-0.15, -0.1) is 0 Å². The molecule has 0 saturated heterocycles. The van der Waals surface area contributed by atoms with E-state index in [-0.39, 0.29) is 13.0 Å². The van der Waals surface area contributed by atoms with Gasteiger partial charge in [-0.1, -0.05) is 0 Å². The quantitative estimate of drug-likeness (QED) is 0.0459. The molecule has 0 saturated carbocycles. The zero-order chi connectivity index (χ0) is 56.7. The molecule has 8 nitrogen and oxygen atoms in total. The van der Waals surface area contributed by atoms with Gasteiger partial charge >= 0.3 is 101 Å². The zero-order valence-corrected chi connectivity index (χ0v) is 31.7. The van der Waals surface area contributed by atoms with Crippen molar-refractivity contribution in [3.8, 4) is 0 Å². The van der Waals surface area contributed by atoms with Crippen molar-refractivity contribution in [2.75, 3.05) is 6.73 Å². The fraction of sp³-hybridized carbons (Fsp3) is 0.655. The van der Waals surface area contributed by atoms with Gasteiger partial charge in [0.2, 0.25) is 12.2 Å². The summed E-state index contributed by atoms with van der Waals surface area (Å²) < 4.78 is 469. The topological polar surface area (TPSA) is 114 Å². The second-order valence-electron chi connectivity index (χ2n) is 13.1. The van der Waals surface area contributed by atoms with Crippen LogP contribution in [0, 0.1) is 6.92 Å². The number of amides is 1. The van der Waals surface area contributed by atoms with E-state index in [0.717, 1.165) is 5.32 Å². The van der Waals surface area contributed by atoms with Gasteiger partial charge in [0.05, 0.1) is 5.56 Å². The minimum Gasteiger partial charge on any atom is -0.445 e. The number of carbonyl (C=O) groups excluding carboxylic acids is 4. The van der Waals surface area contributed by atoms with Crippen molar-refractivity contribution in [2.24, 2.45) is 9.98 Å². The van der Waals surface area contributed by atoms with E-state index in [1.165, 1.54) is 0 Å². The van der Waals surface area contributed by atoms with E-state index in [4.69, 9.17) is 0 Å². The molecule has 0 aliphatic carbocycles. The molecule has 41 heteroatoms. The highest BCUT2D eigenvalue weighted by Gasteiger charge is 3.02. The van der Waals surface area contributed by atoms with Gasteiger partial charge in [0.25, 0.3) is 5.91 Å². The van der Waals surface area contributed by atoms with Crippen molar-refractivity contribution < 1.29 is 169 Å². The number of esters is 1. The maximum Gasteiger partial charge on any atom is 0.460 e. The van der Waals surface area contributed by atoms with Crippen LogP contribution in [-0.2, 0) is 25.0 Å². The van der Waals surface area contributed by atoms with E-state index in [2.05, 4.69) is 14.7 Å². The number of ether oxygens (including phenoxy) is 1. The molecular weight excluding hydrogens is 1100 g/mol. The van der Waals surface area contributed by atoms with Crippen LogP contribution in [0.4, 0.5) is 156 Å². The Kier molecular flexibility index (Phi) is 15.6. The van der Waals surface area contributed by atoms with Crippen LogP contribution in [0.5, 0.6) is 0 Å². The number of nitrogens with one attached hydrogen (secondary N) is 1. The van der Waals surface area contributed by atoms with Gasteiger partial charge < -0.3 is 10.1 Å². The highest BCUT2D eigenvalue weighted by atomic mass is 19.4. The van der Waals surface area contributed by atoms with E-state index >= 15 is 17.6 Å². The monoisotopic (exact) mass is 1110 g/mol. The van der Waals surface area contributed by atoms with Crippen molar-refractivity contribution in [1.82, 2.24) is 5.32 Å². The molecule has 1 aromatic rings. The number of benzene rings is 1. The third-order valence-electron chi connectivity index (χ3n) is 8.73. The number of rotatable bonds is 20. The van der Waals surface area contributed by atoms with Crippen molar-refractivity contribution in [3.05, 3.63) is 22.8 Å². The number of aryl methyl sites for hydroxylation is 1. The fourth-order valence-corrected chi connectivity index (χ4v) is 4.81. The Balaban J connectivity index is 4.32. The lowest BCUT2D eigenvalue weighted by Gasteiger charge is -2.47. The van der Waals surface area contributed by atoms with E-state index in [1.807, 2.05) is 0 Å². The summed E-state index contributed by atoms with van der Waals surface area (Å²) in [5.74, 6) is -151. The van der Waals surface area contributed by atoms with E-state index in [9.17, 15) is 147 Å². The average Bonchev–Trinajstić information content (AvgIpc) is 3.17. The van der Waals surface area contributed by atoms with E-state index in [0.29, 0.717) is 13.0 Å². The van der Waals surface area contributed by atoms with Crippen LogP contribution in [0.2, 0.25) is 0 Å². The van der Waals surface area contributed by atoms with Gasteiger partial charge in [-0.25, -0.2) is 9.59 Å². The summed E-state index contributed by atoms with van der Waals surface area (Å²) in [4.78, 5) is 50.3. The lowest BCUT2D eigenvalue weighted by molar-refractivity contribution is -0.491. The number of alkyl halides is 33. The lowest BCUT2D eigenvalue weighted by atomic mass is 9.82. The Bertz CT molecular complexity index is 2290. The van der Waals surface area contributed by atoms with Crippen LogP contribution in [0.3, 0.4) is 0 Å². The Labute approximate surface area is 358 Å². The van der Waals surface area contributed by atoms with Gasteiger partial charge in [-0.2, -0.15) is 155 Å². The first-order valence-corrected chi connectivity index (χ1v) is 15.9. The Morgan fingerprint density at radius 1 is 0.457 bits per heavy atom. The summed E-state index contributed by atoms with van der Waals surface area (Å²) >= 11 is 0. The molecule has 0 fully saturated rings. The second kappa shape index (κ2) is 17.4. The number of halogens is 33. The van der Waals surface area contributed by atoms with E-state index in [1.54, 1.807) is 0 Å². The third-order valence-corrected chi connectivity index (χ3v) is 8.73. The van der Waals surface area contributed by atoms with Crippen molar-refractivity contribution >= 4 is 35.4 Å². The SMILES string of the molecule is CC(=O)OCNC(=O)c1c(C(F)(F)C(F)(F)C(F)(F)C(F)(F)C(F)(F)C(F)(F)C(F)(F)C(F)(F)C(F)(F)C(F)(F)C(F)(F)C(F)(F)C(F)(F)C(F)(F)C(F)(F)C(F)(F)F)cc(C)c(N=C=O)c1N=C=O. The first-order valence-electron chi connectivity index (χ1n) is 15.9. The number of aliphatic imine (C=N–C) groups is 2.